The van der Waals surface area contributed by atoms with Gasteiger partial charge in [0.05, 0.1) is 0 Å². The quantitative estimate of drug-likeness (QED) is 0.570. The minimum Gasteiger partial charge on any atom is -0.321 e. The zero-order chi connectivity index (χ0) is 6.97. The number of nitrogens with two attached hydrogens (primary N) is 1. The van der Waals surface area contributed by atoms with Gasteiger partial charge in [0, 0.05) is 6.04 Å². The van der Waals surface area contributed by atoms with Crippen molar-refractivity contribution in [2.75, 3.05) is 0 Å². The maximum atomic E-state index is 5.76. The van der Waals surface area contributed by atoms with Crippen LogP contribution in [0.2, 0.25) is 0 Å². The van der Waals surface area contributed by atoms with Crippen molar-refractivity contribution in [3.8, 4) is 0 Å². The first-order chi connectivity index (χ1) is 4.88. The molecular weight excluding hydrogens is 122 g/mol. The number of benzene rings is 1. The number of fused-ring (bicyclic) bond motifs is 1. The molecule has 1 atom stereocenters. The molecule has 0 fully saturated rings. The first kappa shape index (κ1) is 5.69. The molecule has 0 aromatic heterocycles. The van der Waals surface area contributed by atoms with Crippen LogP contribution in [0.1, 0.15) is 17.2 Å². The molecule has 1 nitrogen and oxygen atoms in total. The molecule has 2 N–H and O–H groups in total. The number of rotatable bonds is 0. The van der Waals surface area contributed by atoms with Crippen LogP contribution in [-0.2, 0) is 0 Å². The van der Waals surface area contributed by atoms with Gasteiger partial charge in [0.25, 0.3) is 0 Å². The van der Waals surface area contributed by atoms with Crippen LogP contribution in [0.5, 0.6) is 0 Å². The summed E-state index contributed by atoms with van der Waals surface area (Å²) in [5.41, 5.74) is 8.26. The Morgan fingerprint density at radius 3 is 2.80 bits per heavy atom. The second-order valence-electron chi connectivity index (χ2n) is 2.51. The molecule has 0 heterocycles. The van der Waals surface area contributed by atoms with E-state index < -0.39 is 0 Å². The normalized spacial score (nSPS) is 21.1. The number of hydrogen-bond acceptors (Lipinski definition) is 1. The molecule has 0 radical (unpaired) electrons. The third-order valence-corrected chi connectivity index (χ3v) is 1.84. The van der Waals surface area contributed by atoms with E-state index in [1.54, 1.807) is 0 Å². The van der Waals surface area contributed by atoms with E-state index in [9.17, 15) is 0 Å². The van der Waals surface area contributed by atoms with Gasteiger partial charge in [-0.3, -0.25) is 0 Å². The number of hydrogen-bond donors (Lipinski definition) is 1. The lowest BCUT2D eigenvalue weighted by Crippen LogP contribution is -2.03. The first-order valence-corrected chi connectivity index (χ1v) is 3.40. The van der Waals surface area contributed by atoms with Crippen LogP contribution in [0.15, 0.2) is 30.3 Å². The summed E-state index contributed by atoms with van der Waals surface area (Å²) in [6.07, 6.45) is 4.09. The van der Waals surface area contributed by atoms with E-state index in [1.165, 1.54) is 11.1 Å². The van der Waals surface area contributed by atoms with E-state index in [0.29, 0.717) is 0 Å². The minimum atomic E-state index is 0.121. The molecule has 0 bridgehead atoms. The van der Waals surface area contributed by atoms with Gasteiger partial charge in [0.2, 0.25) is 0 Å². The molecule has 1 aromatic rings. The molecule has 1 aromatic carbocycles. The fourth-order valence-electron chi connectivity index (χ4n) is 1.28. The molecule has 50 valence electrons. The largest absolute Gasteiger partial charge is 0.321 e. The standard InChI is InChI=1S/C9H9N/c10-9-6-5-7-3-1-2-4-8(7)9/h1-6,9H,10H2. The molecule has 1 aliphatic carbocycles. The molecule has 0 spiro atoms. The van der Waals surface area contributed by atoms with E-state index in [2.05, 4.69) is 18.2 Å². The maximum Gasteiger partial charge on any atom is 0.0490 e. The van der Waals surface area contributed by atoms with Crippen molar-refractivity contribution in [2.24, 2.45) is 5.73 Å². The Kier molecular flexibility index (Phi) is 1.11. The van der Waals surface area contributed by atoms with E-state index in [0.717, 1.165) is 0 Å². The van der Waals surface area contributed by atoms with Gasteiger partial charge in [-0.1, -0.05) is 36.4 Å². The molecule has 0 saturated carbocycles. The van der Waals surface area contributed by atoms with Gasteiger partial charge >= 0.3 is 0 Å². The summed E-state index contributed by atoms with van der Waals surface area (Å²) in [6, 6.07) is 8.32. The lowest BCUT2D eigenvalue weighted by molar-refractivity contribution is 0.931. The first-order valence-electron chi connectivity index (χ1n) is 3.40. The zero-order valence-corrected chi connectivity index (χ0v) is 5.62. The van der Waals surface area contributed by atoms with Crippen molar-refractivity contribution >= 4 is 6.08 Å². The van der Waals surface area contributed by atoms with Crippen molar-refractivity contribution in [1.82, 2.24) is 0 Å². The Balaban J connectivity index is 2.59. The topological polar surface area (TPSA) is 26.0 Å². The van der Waals surface area contributed by atoms with Gasteiger partial charge in [0.1, 0.15) is 0 Å². The second kappa shape index (κ2) is 1.96. The summed E-state index contributed by atoms with van der Waals surface area (Å²) in [7, 11) is 0. The maximum absolute atomic E-state index is 5.76. The highest BCUT2D eigenvalue weighted by Gasteiger charge is 2.10. The lowest BCUT2D eigenvalue weighted by Gasteiger charge is -2.01. The Morgan fingerprint density at radius 2 is 2.00 bits per heavy atom. The minimum absolute atomic E-state index is 0.121. The summed E-state index contributed by atoms with van der Waals surface area (Å²) in [4.78, 5) is 0. The third-order valence-electron chi connectivity index (χ3n) is 1.84. The summed E-state index contributed by atoms with van der Waals surface area (Å²) < 4.78 is 0. The molecule has 2 rings (SSSR count). The Hall–Kier alpha value is -1.08. The fraction of sp³-hybridized carbons (Fsp3) is 0.111. The molecule has 0 amide bonds. The molecule has 1 unspecified atom stereocenters. The van der Waals surface area contributed by atoms with Crippen molar-refractivity contribution in [1.29, 1.82) is 0 Å². The van der Waals surface area contributed by atoms with Crippen LogP contribution in [0.25, 0.3) is 6.08 Å². The van der Waals surface area contributed by atoms with Crippen LogP contribution >= 0.6 is 0 Å². The average Bonchev–Trinajstić information content (AvgIpc) is 2.34. The van der Waals surface area contributed by atoms with Crippen molar-refractivity contribution in [3.05, 3.63) is 41.5 Å². The Bertz CT molecular complexity index is 276. The van der Waals surface area contributed by atoms with Crippen molar-refractivity contribution in [2.45, 2.75) is 6.04 Å². The van der Waals surface area contributed by atoms with Crippen LogP contribution in [0, 0.1) is 0 Å². The Morgan fingerprint density at radius 1 is 1.20 bits per heavy atom. The van der Waals surface area contributed by atoms with E-state index in [4.69, 9.17) is 5.73 Å². The van der Waals surface area contributed by atoms with E-state index in [1.807, 2.05) is 18.2 Å². The highest BCUT2D eigenvalue weighted by atomic mass is 14.6. The van der Waals surface area contributed by atoms with Gasteiger partial charge in [-0.2, -0.15) is 0 Å². The van der Waals surface area contributed by atoms with Crippen LogP contribution in [-0.4, -0.2) is 0 Å². The van der Waals surface area contributed by atoms with Gasteiger partial charge in [-0.25, -0.2) is 0 Å². The molecule has 1 aliphatic rings. The van der Waals surface area contributed by atoms with Gasteiger partial charge in [0.15, 0.2) is 0 Å². The van der Waals surface area contributed by atoms with Gasteiger partial charge in [-0.05, 0) is 11.1 Å². The highest BCUT2D eigenvalue weighted by Crippen LogP contribution is 2.24. The Labute approximate surface area is 60.2 Å². The summed E-state index contributed by atoms with van der Waals surface area (Å²) in [6.45, 7) is 0. The SMILES string of the molecule is NC1C=Cc2ccccc21. The third kappa shape index (κ3) is 0.677. The molecule has 1 heteroatoms. The summed E-state index contributed by atoms with van der Waals surface area (Å²) >= 11 is 0. The molecule has 0 saturated heterocycles. The van der Waals surface area contributed by atoms with E-state index in [-0.39, 0.29) is 6.04 Å². The predicted octanol–water partition coefficient (Wildman–Crippen LogP) is 1.71. The lowest BCUT2D eigenvalue weighted by atomic mass is 10.1. The van der Waals surface area contributed by atoms with Gasteiger partial charge in [-0.15, -0.1) is 0 Å². The van der Waals surface area contributed by atoms with E-state index >= 15 is 0 Å². The zero-order valence-electron chi connectivity index (χ0n) is 5.62. The van der Waals surface area contributed by atoms with Crippen LogP contribution in [0.4, 0.5) is 0 Å². The molecule has 10 heavy (non-hydrogen) atoms. The summed E-state index contributed by atoms with van der Waals surface area (Å²) in [5, 5.41) is 0. The van der Waals surface area contributed by atoms with Crippen molar-refractivity contribution in [3.63, 3.8) is 0 Å². The smallest absolute Gasteiger partial charge is 0.0490 e. The molecular formula is C9H9N. The second-order valence-corrected chi connectivity index (χ2v) is 2.51. The van der Waals surface area contributed by atoms with Crippen LogP contribution in [0.3, 0.4) is 0 Å². The van der Waals surface area contributed by atoms with Crippen LogP contribution < -0.4 is 5.73 Å². The van der Waals surface area contributed by atoms with Gasteiger partial charge < -0.3 is 5.73 Å². The molecule has 0 aliphatic heterocycles. The van der Waals surface area contributed by atoms with Crippen molar-refractivity contribution < 1.29 is 0 Å². The highest BCUT2D eigenvalue weighted by molar-refractivity contribution is 5.61. The monoisotopic (exact) mass is 131 g/mol. The predicted molar refractivity (Wildman–Crippen MR) is 42.4 cm³/mol. The average molecular weight is 131 g/mol. The summed E-state index contributed by atoms with van der Waals surface area (Å²) in [5.74, 6) is 0. The fourth-order valence-corrected chi connectivity index (χ4v) is 1.28.